The highest BCUT2D eigenvalue weighted by Gasteiger charge is 2.26. The van der Waals surface area contributed by atoms with E-state index in [-0.39, 0.29) is 12.0 Å². The number of nitrogens with one attached hydrogen (secondary N) is 1. The molecule has 2 unspecified atom stereocenters. The van der Waals surface area contributed by atoms with Crippen LogP contribution >= 0.6 is 0 Å². The molecular weight excluding hydrogens is 228 g/mol. The SMILES string of the molecule is CC(O)CC1CCCCN1CCC(=O)NC1CC1. The Balaban J connectivity index is 1.72. The third-order valence-electron chi connectivity index (χ3n) is 3.93. The number of aliphatic hydroxyl groups excluding tert-OH is 1. The summed E-state index contributed by atoms with van der Waals surface area (Å²) < 4.78 is 0. The summed E-state index contributed by atoms with van der Waals surface area (Å²) in [7, 11) is 0. The lowest BCUT2D eigenvalue weighted by Crippen LogP contribution is -2.43. The number of carbonyl (C=O) groups excluding carboxylic acids is 1. The van der Waals surface area contributed by atoms with Crippen LogP contribution < -0.4 is 5.32 Å². The van der Waals surface area contributed by atoms with E-state index in [9.17, 15) is 9.90 Å². The first-order valence-corrected chi connectivity index (χ1v) is 7.36. The molecule has 2 N–H and O–H groups in total. The number of amides is 1. The maximum atomic E-state index is 11.7. The van der Waals surface area contributed by atoms with Crippen LogP contribution in [0.25, 0.3) is 0 Å². The van der Waals surface area contributed by atoms with Crippen LogP contribution in [-0.2, 0) is 4.79 Å². The number of hydrogen-bond donors (Lipinski definition) is 2. The standard InChI is InChI=1S/C14H26N2O2/c1-11(17)10-13-4-2-3-8-16(13)9-7-14(18)15-12-5-6-12/h11-13,17H,2-10H2,1H3,(H,15,18). The number of piperidine rings is 1. The van der Waals surface area contributed by atoms with Crippen molar-refractivity contribution in [3.8, 4) is 0 Å². The van der Waals surface area contributed by atoms with Crippen LogP contribution in [0.5, 0.6) is 0 Å². The minimum absolute atomic E-state index is 0.193. The summed E-state index contributed by atoms with van der Waals surface area (Å²) >= 11 is 0. The molecule has 0 radical (unpaired) electrons. The van der Waals surface area contributed by atoms with Crippen LogP contribution in [0.1, 0.15) is 51.9 Å². The number of carbonyl (C=O) groups is 1. The van der Waals surface area contributed by atoms with E-state index in [1.165, 1.54) is 12.8 Å². The highest BCUT2D eigenvalue weighted by molar-refractivity contribution is 5.76. The van der Waals surface area contributed by atoms with Gasteiger partial charge in [-0.2, -0.15) is 0 Å². The van der Waals surface area contributed by atoms with Gasteiger partial charge in [0.05, 0.1) is 6.10 Å². The molecule has 1 heterocycles. The minimum atomic E-state index is -0.240. The molecule has 0 aromatic heterocycles. The predicted molar refractivity (Wildman–Crippen MR) is 71.3 cm³/mol. The summed E-state index contributed by atoms with van der Waals surface area (Å²) in [5, 5.41) is 12.6. The summed E-state index contributed by atoms with van der Waals surface area (Å²) in [4.78, 5) is 14.1. The second kappa shape index (κ2) is 6.53. The van der Waals surface area contributed by atoms with Gasteiger partial charge in [-0.05, 0) is 45.6 Å². The largest absolute Gasteiger partial charge is 0.393 e. The van der Waals surface area contributed by atoms with Crippen LogP contribution in [0.3, 0.4) is 0 Å². The first kappa shape index (κ1) is 13.8. The molecule has 104 valence electrons. The van der Waals surface area contributed by atoms with Crippen LogP contribution in [0, 0.1) is 0 Å². The predicted octanol–water partition coefficient (Wildman–Crippen LogP) is 1.28. The van der Waals surface area contributed by atoms with Crippen molar-refractivity contribution in [3.05, 3.63) is 0 Å². The lowest BCUT2D eigenvalue weighted by Gasteiger charge is -2.36. The van der Waals surface area contributed by atoms with Gasteiger partial charge in [0, 0.05) is 25.0 Å². The molecule has 0 spiro atoms. The Labute approximate surface area is 110 Å². The number of rotatable bonds is 6. The van der Waals surface area contributed by atoms with E-state index in [1.807, 2.05) is 6.92 Å². The zero-order valence-electron chi connectivity index (χ0n) is 11.4. The molecule has 18 heavy (non-hydrogen) atoms. The summed E-state index contributed by atoms with van der Waals surface area (Å²) in [6.07, 6.45) is 7.14. The lowest BCUT2D eigenvalue weighted by atomic mass is 9.97. The highest BCUT2D eigenvalue weighted by atomic mass is 16.3. The van der Waals surface area contributed by atoms with Crippen molar-refractivity contribution in [3.63, 3.8) is 0 Å². The Morgan fingerprint density at radius 1 is 1.39 bits per heavy atom. The molecule has 0 aromatic rings. The van der Waals surface area contributed by atoms with Crippen molar-refractivity contribution < 1.29 is 9.90 Å². The van der Waals surface area contributed by atoms with E-state index in [0.717, 1.165) is 38.8 Å². The summed E-state index contributed by atoms with van der Waals surface area (Å²) in [6.45, 7) is 3.77. The zero-order chi connectivity index (χ0) is 13.0. The van der Waals surface area contributed by atoms with Gasteiger partial charge in [-0.25, -0.2) is 0 Å². The molecule has 0 bridgehead atoms. The van der Waals surface area contributed by atoms with Crippen molar-refractivity contribution in [1.29, 1.82) is 0 Å². The van der Waals surface area contributed by atoms with E-state index in [0.29, 0.717) is 18.5 Å². The monoisotopic (exact) mass is 254 g/mol. The smallest absolute Gasteiger partial charge is 0.221 e. The number of aliphatic hydroxyl groups is 1. The van der Waals surface area contributed by atoms with Crippen molar-refractivity contribution in [1.82, 2.24) is 10.2 Å². The molecule has 2 rings (SSSR count). The van der Waals surface area contributed by atoms with E-state index in [4.69, 9.17) is 0 Å². The molecule has 1 saturated carbocycles. The first-order chi connectivity index (χ1) is 8.65. The molecule has 1 amide bonds. The van der Waals surface area contributed by atoms with Gasteiger partial charge in [0.1, 0.15) is 0 Å². The Morgan fingerprint density at radius 2 is 2.17 bits per heavy atom. The molecule has 0 aromatic carbocycles. The average molecular weight is 254 g/mol. The van der Waals surface area contributed by atoms with Gasteiger partial charge < -0.3 is 10.4 Å². The molecule has 2 aliphatic rings. The van der Waals surface area contributed by atoms with E-state index in [2.05, 4.69) is 10.2 Å². The van der Waals surface area contributed by atoms with Gasteiger partial charge >= 0.3 is 0 Å². The van der Waals surface area contributed by atoms with Crippen molar-refractivity contribution in [2.75, 3.05) is 13.1 Å². The van der Waals surface area contributed by atoms with Gasteiger partial charge in [0.2, 0.25) is 5.91 Å². The lowest BCUT2D eigenvalue weighted by molar-refractivity contribution is -0.121. The Morgan fingerprint density at radius 3 is 2.83 bits per heavy atom. The maximum Gasteiger partial charge on any atom is 0.221 e. The normalized spacial score (nSPS) is 26.9. The van der Waals surface area contributed by atoms with Crippen LogP contribution in [0.4, 0.5) is 0 Å². The third kappa shape index (κ3) is 4.58. The quantitative estimate of drug-likeness (QED) is 0.751. The van der Waals surface area contributed by atoms with Gasteiger partial charge in [-0.15, -0.1) is 0 Å². The topological polar surface area (TPSA) is 52.6 Å². The van der Waals surface area contributed by atoms with Crippen molar-refractivity contribution in [2.45, 2.75) is 70.1 Å². The van der Waals surface area contributed by atoms with E-state index in [1.54, 1.807) is 0 Å². The molecule has 2 atom stereocenters. The van der Waals surface area contributed by atoms with Gasteiger partial charge in [0.25, 0.3) is 0 Å². The zero-order valence-corrected chi connectivity index (χ0v) is 11.4. The second-order valence-corrected chi connectivity index (χ2v) is 5.86. The second-order valence-electron chi connectivity index (χ2n) is 5.86. The maximum absolute atomic E-state index is 11.7. The minimum Gasteiger partial charge on any atom is -0.393 e. The Bertz CT molecular complexity index is 277. The molecule has 2 fully saturated rings. The van der Waals surface area contributed by atoms with Crippen molar-refractivity contribution >= 4 is 5.91 Å². The molecule has 4 nitrogen and oxygen atoms in total. The van der Waals surface area contributed by atoms with E-state index >= 15 is 0 Å². The molecule has 1 aliphatic heterocycles. The Hall–Kier alpha value is -0.610. The van der Waals surface area contributed by atoms with Gasteiger partial charge in [-0.3, -0.25) is 9.69 Å². The van der Waals surface area contributed by atoms with Crippen LogP contribution in [-0.4, -0.2) is 47.2 Å². The third-order valence-corrected chi connectivity index (χ3v) is 3.93. The number of nitrogens with zero attached hydrogens (tertiary/aromatic N) is 1. The van der Waals surface area contributed by atoms with Crippen LogP contribution in [0.15, 0.2) is 0 Å². The highest BCUT2D eigenvalue weighted by Crippen LogP contribution is 2.22. The fraction of sp³-hybridized carbons (Fsp3) is 0.929. The molecule has 4 heteroatoms. The van der Waals surface area contributed by atoms with Gasteiger partial charge in [-0.1, -0.05) is 6.42 Å². The summed E-state index contributed by atoms with van der Waals surface area (Å²) in [5.41, 5.74) is 0. The number of likely N-dealkylation sites (tertiary alicyclic amines) is 1. The fourth-order valence-electron chi connectivity index (χ4n) is 2.79. The number of hydrogen-bond acceptors (Lipinski definition) is 3. The first-order valence-electron chi connectivity index (χ1n) is 7.36. The summed E-state index contributed by atoms with van der Waals surface area (Å²) in [5.74, 6) is 0.193. The molecule has 1 aliphatic carbocycles. The Kier molecular flexibility index (Phi) is 5.01. The van der Waals surface area contributed by atoms with Crippen molar-refractivity contribution in [2.24, 2.45) is 0 Å². The average Bonchev–Trinajstić information content (AvgIpc) is 3.11. The fourth-order valence-corrected chi connectivity index (χ4v) is 2.79. The van der Waals surface area contributed by atoms with Crippen LogP contribution in [0.2, 0.25) is 0 Å². The van der Waals surface area contributed by atoms with Gasteiger partial charge in [0.15, 0.2) is 0 Å². The molecule has 1 saturated heterocycles. The summed E-state index contributed by atoms with van der Waals surface area (Å²) in [6, 6.07) is 0.930. The van der Waals surface area contributed by atoms with E-state index < -0.39 is 0 Å². The molecular formula is C14H26N2O2.